The maximum Gasteiger partial charge on any atom is 0.348 e. The minimum atomic E-state index is -2.17. The average molecular weight is 385 g/mol. The summed E-state index contributed by atoms with van der Waals surface area (Å²) in [4.78, 5) is 35.1. The third-order valence-corrected chi connectivity index (χ3v) is 5.64. The van der Waals surface area contributed by atoms with Crippen molar-refractivity contribution in [2.24, 2.45) is 11.8 Å². The molecule has 3 atom stereocenters. The summed E-state index contributed by atoms with van der Waals surface area (Å²) < 4.78 is 18.1. The van der Waals surface area contributed by atoms with Gasteiger partial charge in [0.1, 0.15) is 5.78 Å². The minimum absolute atomic E-state index is 0.0307. The number of carbonyl (C=O) groups is 3. The summed E-state index contributed by atoms with van der Waals surface area (Å²) in [5.74, 6) is -0.857. The van der Waals surface area contributed by atoms with E-state index in [2.05, 4.69) is 11.7 Å². The first kappa shape index (κ1) is 23.8. The van der Waals surface area contributed by atoms with Crippen LogP contribution in [0, 0.1) is 11.8 Å². The van der Waals surface area contributed by atoms with E-state index in [9.17, 15) is 18.8 Å². The highest BCUT2D eigenvalue weighted by molar-refractivity contribution is 6.01. The van der Waals surface area contributed by atoms with Gasteiger partial charge in [0.15, 0.2) is 5.78 Å². The number of carbonyl (C=O) groups excluding carboxylic acids is 3. The minimum Gasteiger partial charge on any atom is -0.463 e. The Morgan fingerprint density at radius 2 is 1.70 bits per heavy atom. The van der Waals surface area contributed by atoms with Gasteiger partial charge in [0.25, 0.3) is 6.17 Å². The van der Waals surface area contributed by atoms with Crippen LogP contribution >= 0.6 is 0 Å². The fourth-order valence-electron chi connectivity index (χ4n) is 4.04. The van der Waals surface area contributed by atoms with Gasteiger partial charge in [-0.25, -0.2) is 9.18 Å². The summed E-state index contributed by atoms with van der Waals surface area (Å²) in [7, 11) is 0. The van der Waals surface area contributed by atoms with Crippen molar-refractivity contribution in [3.05, 3.63) is 0 Å². The molecule has 1 aliphatic carbocycles. The highest BCUT2D eigenvalue weighted by Gasteiger charge is 2.33. The molecular formula is C22H37FO4. The first-order valence-corrected chi connectivity index (χ1v) is 10.9. The first-order valence-electron chi connectivity index (χ1n) is 10.9. The first-order chi connectivity index (χ1) is 13.0. The molecule has 4 nitrogen and oxygen atoms in total. The maximum absolute atomic E-state index is 13.6. The molecule has 156 valence electrons. The fraction of sp³-hybridized carbons (Fsp3) is 0.864. The predicted octanol–water partition coefficient (Wildman–Crippen LogP) is 5.36. The van der Waals surface area contributed by atoms with Crippen LogP contribution < -0.4 is 0 Å². The van der Waals surface area contributed by atoms with Crippen LogP contribution in [0.15, 0.2) is 0 Å². The number of halogens is 1. The molecule has 0 heterocycles. The Kier molecular flexibility index (Phi) is 12.2. The Labute approximate surface area is 163 Å². The van der Waals surface area contributed by atoms with E-state index in [1.165, 1.54) is 38.5 Å². The summed E-state index contributed by atoms with van der Waals surface area (Å²) in [6.07, 6.45) is 10.3. The van der Waals surface area contributed by atoms with Crippen LogP contribution in [-0.2, 0) is 19.1 Å². The Morgan fingerprint density at radius 3 is 2.41 bits per heavy atom. The monoisotopic (exact) mass is 384 g/mol. The molecule has 1 unspecified atom stereocenters. The number of hydrogen-bond donors (Lipinski definition) is 0. The number of esters is 1. The number of ketones is 2. The molecule has 0 aliphatic heterocycles. The molecule has 1 fully saturated rings. The SMILES string of the molecule is CCCCCCCC[C@H]1CCC(=O)[C@@H]1CCCCC(=O)C(F)C(=O)OCC. The number of alkyl halides is 1. The summed E-state index contributed by atoms with van der Waals surface area (Å²) in [5.41, 5.74) is 0. The van der Waals surface area contributed by atoms with Crippen molar-refractivity contribution in [3.8, 4) is 0 Å². The van der Waals surface area contributed by atoms with E-state index in [1.807, 2.05) is 0 Å². The molecule has 5 heteroatoms. The van der Waals surface area contributed by atoms with Crippen molar-refractivity contribution < 1.29 is 23.5 Å². The molecule has 0 saturated heterocycles. The standard InChI is InChI=1S/C22H37FO4/c1-3-5-6-7-8-9-12-17-15-16-19(24)18(17)13-10-11-14-20(25)21(23)22(26)27-4-2/h17-18,21H,3-16H2,1-2H3/t17-,18+,21?/m0/s1. The lowest BCUT2D eigenvalue weighted by atomic mass is 9.86. The van der Waals surface area contributed by atoms with Crippen LogP contribution in [0.4, 0.5) is 4.39 Å². The zero-order valence-corrected chi connectivity index (χ0v) is 17.1. The van der Waals surface area contributed by atoms with Gasteiger partial charge in [0.2, 0.25) is 0 Å². The van der Waals surface area contributed by atoms with Crippen LogP contribution in [0.25, 0.3) is 0 Å². The summed E-state index contributed by atoms with van der Waals surface area (Å²) in [6, 6.07) is 0. The van der Waals surface area contributed by atoms with E-state index in [0.717, 1.165) is 25.7 Å². The van der Waals surface area contributed by atoms with Gasteiger partial charge in [-0.05, 0) is 38.5 Å². The number of rotatable bonds is 15. The van der Waals surface area contributed by atoms with Crippen LogP contribution in [-0.4, -0.2) is 30.3 Å². The average Bonchev–Trinajstić information content (AvgIpc) is 3.00. The number of unbranched alkanes of at least 4 members (excludes halogenated alkanes) is 6. The second-order valence-electron chi connectivity index (χ2n) is 7.75. The summed E-state index contributed by atoms with van der Waals surface area (Å²) in [5, 5.41) is 0. The molecule has 0 aromatic rings. The molecule has 1 aliphatic rings. The zero-order chi connectivity index (χ0) is 20.1. The van der Waals surface area contributed by atoms with Gasteiger partial charge >= 0.3 is 5.97 Å². The molecule has 27 heavy (non-hydrogen) atoms. The summed E-state index contributed by atoms with van der Waals surface area (Å²) in [6.45, 7) is 3.86. The number of Topliss-reactive ketones (excluding diaryl/α,β-unsaturated/α-hetero) is 2. The van der Waals surface area contributed by atoms with E-state index in [-0.39, 0.29) is 18.9 Å². The van der Waals surface area contributed by atoms with Crippen molar-refractivity contribution in [2.75, 3.05) is 6.61 Å². The van der Waals surface area contributed by atoms with Crippen molar-refractivity contribution in [1.82, 2.24) is 0 Å². The third-order valence-electron chi connectivity index (χ3n) is 5.64. The Balaban J connectivity index is 2.23. The van der Waals surface area contributed by atoms with Gasteiger partial charge in [0, 0.05) is 18.8 Å². The van der Waals surface area contributed by atoms with E-state index in [4.69, 9.17) is 0 Å². The normalized spacial score (nSPS) is 20.6. The number of ether oxygens (including phenoxy) is 1. The molecule has 0 radical (unpaired) electrons. The molecule has 0 aromatic heterocycles. The van der Waals surface area contributed by atoms with E-state index in [1.54, 1.807) is 6.92 Å². The van der Waals surface area contributed by atoms with Crippen molar-refractivity contribution in [2.45, 2.75) is 103 Å². The van der Waals surface area contributed by atoms with E-state index in [0.29, 0.717) is 24.5 Å². The molecule has 1 rings (SSSR count). The third kappa shape index (κ3) is 8.98. The zero-order valence-electron chi connectivity index (χ0n) is 17.1. The lowest BCUT2D eigenvalue weighted by molar-refractivity contribution is -0.152. The van der Waals surface area contributed by atoms with Crippen molar-refractivity contribution in [3.63, 3.8) is 0 Å². The molecule has 0 spiro atoms. The Bertz CT molecular complexity index is 463. The topological polar surface area (TPSA) is 60.4 Å². The van der Waals surface area contributed by atoms with E-state index >= 15 is 0 Å². The van der Waals surface area contributed by atoms with Crippen molar-refractivity contribution in [1.29, 1.82) is 0 Å². The van der Waals surface area contributed by atoms with Crippen LogP contribution in [0.2, 0.25) is 0 Å². The van der Waals surface area contributed by atoms with Gasteiger partial charge in [-0.2, -0.15) is 0 Å². The predicted molar refractivity (Wildman–Crippen MR) is 104 cm³/mol. The number of hydrogen-bond acceptors (Lipinski definition) is 4. The van der Waals surface area contributed by atoms with Gasteiger partial charge in [0.05, 0.1) is 6.61 Å². The fourth-order valence-corrected chi connectivity index (χ4v) is 4.04. The van der Waals surface area contributed by atoms with Crippen LogP contribution in [0.1, 0.15) is 97.3 Å². The van der Waals surface area contributed by atoms with Crippen LogP contribution in [0.5, 0.6) is 0 Å². The van der Waals surface area contributed by atoms with Crippen LogP contribution in [0.3, 0.4) is 0 Å². The Morgan fingerprint density at radius 1 is 1.04 bits per heavy atom. The molecule has 0 N–H and O–H groups in total. The Hall–Kier alpha value is -1.26. The van der Waals surface area contributed by atoms with Gasteiger partial charge < -0.3 is 4.74 Å². The molecule has 0 aromatic carbocycles. The quantitative estimate of drug-likeness (QED) is 0.216. The lowest BCUT2D eigenvalue weighted by Gasteiger charge is -2.18. The van der Waals surface area contributed by atoms with Crippen molar-refractivity contribution >= 4 is 17.5 Å². The molecule has 0 bridgehead atoms. The highest BCUT2D eigenvalue weighted by Crippen LogP contribution is 2.36. The largest absolute Gasteiger partial charge is 0.463 e. The molecule has 1 saturated carbocycles. The summed E-state index contributed by atoms with van der Waals surface area (Å²) >= 11 is 0. The second kappa shape index (κ2) is 13.8. The highest BCUT2D eigenvalue weighted by atomic mass is 19.1. The van der Waals surface area contributed by atoms with Gasteiger partial charge in [-0.1, -0.05) is 51.9 Å². The second-order valence-corrected chi connectivity index (χ2v) is 7.75. The molecular weight excluding hydrogens is 347 g/mol. The smallest absolute Gasteiger partial charge is 0.348 e. The molecule has 0 amide bonds. The van der Waals surface area contributed by atoms with E-state index < -0.39 is 17.9 Å². The van der Waals surface area contributed by atoms with Gasteiger partial charge in [-0.15, -0.1) is 0 Å². The maximum atomic E-state index is 13.6. The van der Waals surface area contributed by atoms with Gasteiger partial charge in [-0.3, -0.25) is 9.59 Å². The lowest BCUT2D eigenvalue weighted by Crippen LogP contribution is -2.27.